The molecule has 0 aromatic heterocycles. The van der Waals surface area contributed by atoms with E-state index in [4.69, 9.17) is 0 Å². The first-order valence-electron chi connectivity index (χ1n) is 7.08. The molecule has 1 heterocycles. The molecule has 2 unspecified atom stereocenters. The van der Waals surface area contributed by atoms with Gasteiger partial charge in [-0.05, 0) is 32.2 Å². The highest BCUT2D eigenvalue weighted by Crippen LogP contribution is 2.19. The maximum absolute atomic E-state index is 12.0. The van der Waals surface area contributed by atoms with Crippen LogP contribution in [0.2, 0.25) is 0 Å². The summed E-state index contributed by atoms with van der Waals surface area (Å²) in [5.74, 6) is 0.203. The van der Waals surface area contributed by atoms with Crippen LogP contribution >= 0.6 is 0 Å². The van der Waals surface area contributed by atoms with Gasteiger partial charge in [0.2, 0.25) is 0 Å². The third kappa shape index (κ3) is 4.92. The van der Waals surface area contributed by atoms with Crippen molar-refractivity contribution < 1.29 is 17.9 Å². The van der Waals surface area contributed by atoms with Gasteiger partial charge in [-0.25, -0.2) is 9.52 Å². The minimum atomic E-state index is -3.80. The number of carbonyl (C=O) groups excluding carboxylic acids is 1. The van der Waals surface area contributed by atoms with E-state index in [-0.39, 0.29) is 12.5 Å². The molecule has 0 aromatic carbocycles. The van der Waals surface area contributed by atoms with Gasteiger partial charge >= 0.3 is 16.3 Å². The second kappa shape index (κ2) is 7.80. The third-order valence-corrected chi connectivity index (χ3v) is 4.79. The minimum absolute atomic E-state index is 0.140. The molecule has 1 aliphatic rings. The lowest BCUT2D eigenvalue weighted by molar-refractivity contribution is 0.157. The van der Waals surface area contributed by atoms with Gasteiger partial charge in [0, 0.05) is 19.1 Å². The van der Waals surface area contributed by atoms with E-state index in [0.29, 0.717) is 19.1 Å². The Bertz CT molecular complexity index is 413. The first-order valence-corrected chi connectivity index (χ1v) is 8.52. The van der Waals surface area contributed by atoms with Crippen molar-refractivity contribution in [3.8, 4) is 0 Å². The van der Waals surface area contributed by atoms with Crippen molar-refractivity contribution in [2.24, 2.45) is 5.92 Å². The lowest BCUT2D eigenvalue weighted by Crippen LogP contribution is -2.53. The van der Waals surface area contributed by atoms with Gasteiger partial charge in [-0.15, -0.1) is 0 Å². The molecule has 8 heteroatoms. The molecule has 7 nitrogen and oxygen atoms in total. The molecule has 1 aliphatic heterocycles. The number of ether oxygens (including phenoxy) is 1. The van der Waals surface area contributed by atoms with E-state index in [2.05, 4.69) is 17.0 Å². The summed E-state index contributed by atoms with van der Waals surface area (Å²) < 4.78 is 31.9. The van der Waals surface area contributed by atoms with Crippen molar-refractivity contribution in [2.45, 2.75) is 39.7 Å². The van der Waals surface area contributed by atoms with Crippen molar-refractivity contribution in [1.82, 2.24) is 14.3 Å². The smallest absolute Gasteiger partial charge is 0.421 e. The number of hydrogen-bond donors (Lipinski definition) is 2. The zero-order valence-electron chi connectivity index (χ0n) is 12.4. The molecule has 1 amide bonds. The molecule has 2 N–H and O–H groups in total. The van der Waals surface area contributed by atoms with E-state index in [1.165, 1.54) is 4.31 Å². The zero-order valence-corrected chi connectivity index (χ0v) is 13.2. The molecule has 118 valence electrons. The Hall–Kier alpha value is -0.860. The van der Waals surface area contributed by atoms with Crippen LogP contribution in [-0.2, 0) is 14.9 Å². The fourth-order valence-electron chi connectivity index (χ4n) is 2.29. The molecule has 1 saturated heterocycles. The fraction of sp³-hybridized carbons (Fsp3) is 0.917. The maximum atomic E-state index is 12.0. The predicted molar refractivity (Wildman–Crippen MR) is 76.5 cm³/mol. The van der Waals surface area contributed by atoms with Crippen molar-refractivity contribution in [2.75, 3.05) is 26.2 Å². The molecule has 0 radical (unpaired) electrons. The summed E-state index contributed by atoms with van der Waals surface area (Å²) in [6.45, 7) is 7.61. The monoisotopic (exact) mass is 307 g/mol. The number of nitrogens with one attached hydrogen (secondary N) is 2. The highest BCUT2D eigenvalue weighted by Gasteiger charge is 2.33. The molecule has 0 spiro atoms. The van der Waals surface area contributed by atoms with Gasteiger partial charge < -0.3 is 10.1 Å². The second-order valence-corrected chi connectivity index (χ2v) is 6.68. The van der Waals surface area contributed by atoms with Crippen molar-refractivity contribution in [3.05, 3.63) is 0 Å². The Kier molecular flexibility index (Phi) is 6.70. The topological polar surface area (TPSA) is 87.7 Å². The average Bonchev–Trinajstić information content (AvgIpc) is 2.36. The molecule has 0 aromatic rings. The van der Waals surface area contributed by atoms with Gasteiger partial charge in [-0.1, -0.05) is 13.8 Å². The second-order valence-electron chi connectivity index (χ2n) is 5.01. The van der Waals surface area contributed by atoms with Crippen molar-refractivity contribution in [3.63, 3.8) is 0 Å². The third-order valence-electron chi connectivity index (χ3n) is 3.35. The quantitative estimate of drug-likeness (QED) is 0.754. The summed E-state index contributed by atoms with van der Waals surface area (Å²) in [6, 6.07) is 0.323. The number of piperidine rings is 1. The van der Waals surface area contributed by atoms with E-state index >= 15 is 0 Å². The number of nitrogens with zero attached hydrogens (tertiary/aromatic N) is 1. The number of hydrogen-bond acceptors (Lipinski definition) is 5. The SMILES string of the molecule is CCCNC1CCN(S(=O)(=O)NC(=O)OCC)CC1C. The summed E-state index contributed by atoms with van der Waals surface area (Å²) >= 11 is 0. The lowest BCUT2D eigenvalue weighted by Gasteiger charge is -2.36. The molecule has 0 saturated carbocycles. The van der Waals surface area contributed by atoms with Gasteiger partial charge in [0.05, 0.1) is 6.61 Å². The summed E-state index contributed by atoms with van der Waals surface area (Å²) in [5, 5.41) is 3.42. The van der Waals surface area contributed by atoms with Crippen LogP contribution in [-0.4, -0.2) is 51.1 Å². The molecule has 2 atom stereocenters. The van der Waals surface area contributed by atoms with Crippen LogP contribution in [0.4, 0.5) is 4.79 Å². The Balaban J connectivity index is 2.55. The highest BCUT2D eigenvalue weighted by atomic mass is 32.2. The van der Waals surface area contributed by atoms with Crippen LogP contribution in [0.25, 0.3) is 0 Å². The molecular formula is C12H25N3O4S. The number of carbonyl (C=O) groups is 1. The van der Waals surface area contributed by atoms with Gasteiger partial charge in [0.1, 0.15) is 0 Å². The highest BCUT2D eigenvalue weighted by molar-refractivity contribution is 7.87. The first kappa shape index (κ1) is 17.2. The largest absolute Gasteiger partial charge is 0.449 e. The van der Waals surface area contributed by atoms with Gasteiger partial charge in [-0.3, -0.25) is 0 Å². The standard InChI is InChI=1S/C12H25N3O4S/c1-4-7-13-11-6-8-15(9-10(11)3)20(17,18)14-12(16)19-5-2/h10-11,13H,4-9H2,1-3H3,(H,14,16). The van der Waals surface area contributed by atoms with E-state index in [1.807, 2.05) is 11.6 Å². The van der Waals surface area contributed by atoms with E-state index in [9.17, 15) is 13.2 Å². The van der Waals surface area contributed by atoms with Gasteiger partial charge in [-0.2, -0.15) is 12.7 Å². The average molecular weight is 307 g/mol. The molecule has 0 aliphatic carbocycles. The minimum Gasteiger partial charge on any atom is -0.449 e. The van der Waals surface area contributed by atoms with E-state index in [1.54, 1.807) is 6.92 Å². The van der Waals surface area contributed by atoms with Crippen LogP contribution in [0.5, 0.6) is 0 Å². The van der Waals surface area contributed by atoms with E-state index < -0.39 is 16.3 Å². The summed E-state index contributed by atoms with van der Waals surface area (Å²) in [7, 11) is -3.80. The summed E-state index contributed by atoms with van der Waals surface area (Å²) in [5.41, 5.74) is 0. The van der Waals surface area contributed by atoms with Crippen LogP contribution in [0.3, 0.4) is 0 Å². The van der Waals surface area contributed by atoms with Crippen LogP contribution in [0.15, 0.2) is 0 Å². The molecule has 20 heavy (non-hydrogen) atoms. The Morgan fingerprint density at radius 2 is 2.10 bits per heavy atom. The Morgan fingerprint density at radius 1 is 1.40 bits per heavy atom. The maximum Gasteiger partial charge on any atom is 0.421 e. The summed E-state index contributed by atoms with van der Waals surface area (Å²) in [6.07, 6.45) is 0.868. The van der Waals surface area contributed by atoms with Gasteiger partial charge in [0.25, 0.3) is 0 Å². The zero-order chi connectivity index (χ0) is 15.2. The first-order chi connectivity index (χ1) is 9.40. The van der Waals surface area contributed by atoms with E-state index in [0.717, 1.165) is 19.4 Å². The summed E-state index contributed by atoms with van der Waals surface area (Å²) in [4.78, 5) is 11.2. The van der Waals surface area contributed by atoms with Crippen LogP contribution < -0.4 is 10.0 Å². The fourth-order valence-corrected chi connectivity index (χ4v) is 3.46. The normalized spacial score (nSPS) is 24.4. The number of rotatable bonds is 6. The molecule has 1 fully saturated rings. The number of amides is 1. The molecule has 1 rings (SSSR count). The molecular weight excluding hydrogens is 282 g/mol. The lowest BCUT2D eigenvalue weighted by atomic mass is 9.95. The van der Waals surface area contributed by atoms with Crippen LogP contribution in [0, 0.1) is 5.92 Å². The Morgan fingerprint density at radius 3 is 2.65 bits per heavy atom. The van der Waals surface area contributed by atoms with Crippen LogP contribution in [0.1, 0.15) is 33.6 Å². The van der Waals surface area contributed by atoms with Gasteiger partial charge in [0.15, 0.2) is 0 Å². The molecule has 0 bridgehead atoms. The van der Waals surface area contributed by atoms with Crippen molar-refractivity contribution in [1.29, 1.82) is 0 Å². The predicted octanol–water partition coefficient (Wildman–Crippen LogP) is 0.687. The van der Waals surface area contributed by atoms with Crippen molar-refractivity contribution >= 4 is 16.3 Å². The Labute approximate surface area is 121 Å².